The maximum atomic E-state index is 12.4. The van der Waals surface area contributed by atoms with E-state index in [1.54, 1.807) is 30.1 Å². The molecule has 7 nitrogen and oxygen atoms in total. The molecule has 1 atom stereocenters. The number of methoxy groups -OCH3 is 1. The summed E-state index contributed by atoms with van der Waals surface area (Å²) < 4.78 is 9.12. The van der Waals surface area contributed by atoms with Gasteiger partial charge in [-0.1, -0.05) is 29.4 Å². The number of halogens is 1. The summed E-state index contributed by atoms with van der Waals surface area (Å²) in [6.45, 7) is 3.87. The number of carbonyl (C=O) groups excluding carboxylic acids is 2. The van der Waals surface area contributed by atoms with Crippen LogP contribution in [0.25, 0.3) is 0 Å². The molecule has 0 saturated heterocycles. The molecule has 1 spiro atoms. The molecule has 2 aliphatic rings. The number of thioether (sulfide) groups is 2. The van der Waals surface area contributed by atoms with Gasteiger partial charge in [0.1, 0.15) is 4.91 Å². The zero-order chi connectivity index (χ0) is 19.8. The molecule has 0 bridgehead atoms. The Hall–Kier alpha value is -1.84. The summed E-state index contributed by atoms with van der Waals surface area (Å²) >= 11 is 8.64. The average Bonchev–Trinajstić information content (AvgIpc) is 3.15. The first-order chi connectivity index (χ1) is 12.8. The monoisotopic (exact) mass is 427 g/mol. The van der Waals surface area contributed by atoms with E-state index in [9.17, 15) is 9.59 Å². The van der Waals surface area contributed by atoms with E-state index in [0.717, 1.165) is 5.70 Å². The van der Waals surface area contributed by atoms with Crippen molar-refractivity contribution in [3.63, 3.8) is 0 Å². The molecule has 0 aliphatic carbocycles. The summed E-state index contributed by atoms with van der Waals surface area (Å²) in [5, 5.41) is 6.87. The van der Waals surface area contributed by atoms with Gasteiger partial charge in [-0.05, 0) is 43.8 Å². The minimum atomic E-state index is -0.902. The lowest BCUT2D eigenvalue weighted by Gasteiger charge is -2.39. The van der Waals surface area contributed by atoms with E-state index in [1.807, 2.05) is 24.9 Å². The van der Waals surface area contributed by atoms with E-state index >= 15 is 0 Å². The molecule has 3 rings (SSSR count). The SMILES string of the molecule is CCOC(=O)C1=C(C)N(C)[C@@]2(SC(C(=O)OC)=NN2c2cccc(Cl)c2)S1. The van der Waals surface area contributed by atoms with Crippen LogP contribution in [-0.2, 0) is 19.1 Å². The van der Waals surface area contributed by atoms with Crippen molar-refractivity contribution in [3.8, 4) is 0 Å². The minimum absolute atomic E-state index is 0.190. The lowest BCUT2D eigenvalue weighted by Crippen LogP contribution is -2.47. The molecule has 2 aliphatic heterocycles. The quantitative estimate of drug-likeness (QED) is 0.676. The Bertz CT molecular complexity index is 860. The molecule has 1 aromatic carbocycles. The summed E-state index contributed by atoms with van der Waals surface area (Å²) in [5.41, 5.74) is 1.42. The van der Waals surface area contributed by atoms with Gasteiger partial charge in [0.2, 0.25) is 9.37 Å². The van der Waals surface area contributed by atoms with Gasteiger partial charge in [0.25, 0.3) is 0 Å². The molecule has 2 heterocycles. The van der Waals surface area contributed by atoms with E-state index in [1.165, 1.54) is 30.6 Å². The van der Waals surface area contributed by atoms with Gasteiger partial charge in [-0.2, -0.15) is 5.10 Å². The fourth-order valence-electron chi connectivity index (χ4n) is 2.64. The second-order valence-corrected chi connectivity index (χ2v) is 8.67. The number of hydrogen-bond acceptors (Lipinski definition) is 9. The Kier molecular flexibility index (Phi) is 5.64. The Morgan fingerprint density at radius 3 is 2.67 bits per heavy atom. The predicted octanol–water partition coefficient (Wildman–Crippen LogP) is 3.46. The Morgan fingerprint density at radius 2 is 2.04 bits per heavy atom. The Morgan fingerprint density at radius 1 is 1.30 bits per heavy atom. The van der Waals surface area contributed by atoms with E-state index in [4.69, 9.17) is 21.1 Å². The van der Waals surface area contributed by atoms with Crippen molar-refractivity contribution in [2.75, 3.05) is 25.8 Å². The number of nitrogens with zero attached hydrogens (tertiary/aromatic N) is 3. The zero-order valence-corrected chi connectivity index (χ0v) is 17.6. The normalized spacial score (nSPS) is 21.7. The van der Waals surface area contributed by atoms with Crippen LogP contribution in [-0.4, -0.2) is 47.0 Å². The molecular weight excluding hydrogens is 410 g/mol. The number of anilines is 1. The molecule has 0 radical (unpaired) electrons. The average molecular weight is 428 g/mol. The molecule has 1 aromatic rings. The van der Waals surface area contributed by atoms with Crippen molar-refractivity contribution in [1.29, 1.82) is 0 Å². The van der Waals surface area contributed by atoms with Crippen LogP contribution in [0.5, 0.6) is 0 Å². The highest BCUT2D eigenvalue weighted by Crippen LogP contribution is 2.58. The van der Waals surface area contributed by atoms with Crippen LogP contribution < -0.4 is 5.01 Å². The number of hydrazone groups is 1. The molecule has 0 amide bonds. The van der Waals surface area contributed by atoms with Crippen molar-refractivity contribution in [2.24, 2.45) is 5.10 Å². The minimum Gasteiger partial charge on any atom is -0.464 e. The second-order valence-electron chi connectivity index (χ2n) is 5.64. The molecule has 0 aromatic heterocycles. The largest absolute Gasteiger partial charge is 0.464 e. The summed E-state index contributed by atoms with van der Waals surface area (Å²) in [5.74, 6) is -0.943. The van der Waals surface area contributed by atoms with Crippen LogP contribution in [0, 0.1) is 0 Å². The van der Waals surface area contributed by atoms with Crippen LogP contribution in [0.2, 0.25) is 5.02 Å². The van der Waals surface area contributed by atoms with E-state index in [0.29, 0.717) is 15.6 Å². The molecule has 0 unspecified atom stereocenters. The van der Waals surface area contributed by atoms with Gasteiger partial charge in [-0.3, -0.25) is 0 Å². The maximum absolute atomic E-state index is 12.4. The smallest absolute Gasteiger partial charge is 0.365 e. The van der Waals surface area contributed by atoms with Crippen LogP contribution in [0.4, 0.5) is 5.69 Å². The van der Waals surface area contributed by atoms with Gasteiger partial charge in [-0.15, -0.1) is 0 Å². The zero-order valence-electron chi connectivity index (χ0n) is 15.2. The van der Waals surface area contributed by atoms with Crippen LogP contribution in [0.1, 0.15) is 13.8 Å². The molecule has 0 saturated carbocycles. The van der Waals surface area contributed by atoms with Crippen LogP contribution >= 0.6 is 35.1 Å². The summed E-state index contributed by atoms with van der Waals surface area (Å²) in [4.78, 5) is 26.9. The van der Waals surface area contributed by atoms with Gasteiger partial charge in [-0.25, -0.2) is 14.6 Å². The van der Waals surface area contributed by atoms with Gasteiger partial charge < -0.3 is 14.4 Å². The number of esters is 2. The van der Waals surface area contributed by atoms with Crippen LogP contribution in [0.15, 0.2) is 40.0 Å². The first-order valence-corrected chi connectivity index (χ1v) is 10.1. The number of rotatable bonds is 4. The van der Waals surface area contributed by atoms with Crippen molar-refractivity contribution >= 4 is 57.8 Å². The van der Waals surface area contributed by atoms with Gasteiger partial charge >= 0.3 is 11.9 Å². The molecule has 27 heavy (non-hydrogen) atoms. The van der Waals surface area contributed by atoms with Crippen molar-refractivity contribution in [3.05, 3.63) is 39.9 Å². The topological polar surface area (TPSA) is 71.4 Å². The van der Waals surface area contributed by atoms with Gasteiger partial charge in [0.15, 0.2) is 0 Å². The van der Waals surface area contributed by atoms with Gasteiger partial charge in [0.05, 0.1) is 19.4 Å². The number of carbonyl (C=O) groups is 2. The Balaban J connectivity index is 2.05. The van der Waals surface area contributed by atoms with E-state index in [2.05, 4.69) is 5.10 Å². The molecular formula is C17H18ClN3O4S2. The maximum Gasteiger partial charge on any atom is 0.365 e. The molecule has 0 N–H and O–H groups in total. The van der Waals surface area contributed by atoms with Crippen molar-refractivity contribution in [1.82, 2.24) is 4.90 Å². The van der Waals surface area contributed by atoms with E-state index < -0.39 is 16.3 Å². The lowest BCUT2D eigenvalue weighted by molar-refractivity contribution is -0.137. The third kappa shape index (κ3) is 3.39. The van der Waals surface area contributed by atoms with Gasteiger partial charge in [0, 0.05) is 17.8 Å². The third-order valence-electron chi connectivity index (χ3n) is 4.05. The number of hydrogen-bond donors (Lipinski definition) is 0. The molecule has 10 heteroatoms. The number of benzene rings is 1. The standard InChI is InChI=1S/C17H18ClN3O4S2/c1-5-25-15(22)13-10(2)20(3)17(26-13)21(12-8-6-7-11(18)9-12)19-14(27-17)16(23)24-4/h6-9H,5H2,1-4H3/t17-/m0/s1. The predicted molar refractivity (Wildman–Crippen MR) is 108 cm³/mol. The van der Waals surface area contributed by atoms with Crippen molar-refractivity contribution in [2.45, 2.75) is 18.2 Å². The Labute approximate surface area is 170 Å². The fraction of sp³-hybridized carbons (Fsp3) is 0.353. The highest BCUT2D eigenvalue weighted by Gasteiger charge is 2.56. The third-order valence-corrected chi connectivity index (χ3v) is 7.32. The lowest BCUT2D eigenvalue weighted by atomic mass is 10.3. The fourth-order valence-corrected chi connectivity index (χ4v) is 5.73. The summed E-state index contributed by atoms with van der Waals surface area (Å²) in [7, 11) is 3.15. The summed E-state index contributed by atoms with van der Waals surface area (Å²) in [6.07, 6.45) is 0. The number of allylic oxidation sites excluding steroid dienone is 1. The summed E-state index contributed by atoms with van der Waals surface area (Å²) in [6, 6.07) is 7.14. The molecule has 0 fully saturated rings. The van der Waals surface area contributed by atoms with Crippen LogP contribution in [0.3, 0.4) is 0 Å². The highest BCUT2D eigenvalue weighted by molar-refractivity contribution is 8.28. The first kappa shape index (κ1) is 19.9. The number of ether oxygens (including phenoxy) is 2. The highest BCUT2D eigenvalue weighted by atomic mass is 35.5. The van der Waals surface area contributed by atoms with Crippen molar-refractivity contribution < 1.29 is 19.1 Å². The first-order valence-electron chi connectivity index (χ1n) is 8.06. The molecule has 144 valence electrons. The van der Waals surface area contributed by atoms with E-state index in [-0.39, 0.29) is 11.7 Å². The second kappa shape index (κ2) is 7.65.